The molecule has 0 radical (unpaired) electrons. The SMILES string of the molecule is O=C(CSC1=Nc2ccccc2[C@@H]2CC=NN12)NCCC(c1ccccc1)c1ccccc1. The summed E-state index contributed by atoms with van der Waals surface area (Å²) in [7, 11) is 0. The summed E-state index contributed by atoms with van der Waals surface area (Å²) in [6, 6.07) is 29.3. The minimum absolute atomic E-state index is 0.0150. The first-order valence-electron chi connectivity index (χ1n) is 11.3. The van der Waals surface area contributed by atoms with Gasteiger partial charge in [-0.05, 0) is 23.6 Å². The van der Waals surface area contributed by atoms with Crippen LogP contribution in [0.1, 0.15) is 41.5 Å². The summed E-state index contributed by atoms with van der Waals surface area (Å²) >= 11 is 1.45. The molecule has 5 rings (SSSR count). The topological polar surface area (TPSA) is 57.1 Å². The van der Waals surface area contributed by atoms with Crippen LogP contribution in [0.15, 0.2) is 95.0 Å². The van der Waals surface area contributed by atoms with Crippen LogP contribution in [0.2, 0.25) is 0 Å². The smallest absolute Gasteiger partial charge is 0.230 e. The summed E-state index contributed by atoms with van der Waals surface area (Å²) in [6.45, 7) is 0.619. The molecule has 2 aliphatic heterocycles. The van der Waals surface area contributed by atoms with Crippen LogP contribution in [-0.4, -0.2) is 34.6 Å². The molecule has 1 N–H and O–H groups in total. The summed E-state index contributed by atoms with van der Waals surface area (Å²) < 4.78 is 0. The molecule has 6 heteroatoms. The molecular formula is C27H26N4OS. The van der Waals surface area contributed by atoms with Crippen LogP contribution in [0, 0.1) is 0 Å². The van der Waals surface area contributed by atoms with Crippen molar-refractivity contribution in [1.29, 1.82) is 0 Å². The molecule has 3 aromatic rings. The first-order chi connectivity index (χ1) is 16.3. The fourth-order valence-corrected chi connectivity index (χ4v) is 5.25. The molecule has 0 saturated heterocycles. The molecule has 1 amide bonds. The molecular weight excluding hydrogens is 428 g/mol. The van der Waals surface area contributed by atoms with Crippen molar-refractivity contribution in [3.05, 3.63) is 102 Å². The Bertz CT molecular complexity index is 1120. The fourth-order valence-electron chi connectivity index (χ4n) is 4.41. The van der Waals surface area contributed by atoms with E-state index in [-0.39, 0.29) is 17.9 Å². The van der Waals surface area contributed by atoms with E-state index < -0.39 is 0 Å². The normalized spacial score (nSPS) is 16.3. The number of amides is 1. The van der Waals surface area contributed by atoms with Gasteiger partial charge in [0.2, 0.25) is 5.91 Å². The number of hydrogen-bond donors (Lipinski definition) is 1. The zero-order valence-electron chi connectivity index (χ0n) is 18.3. The number of rotatable bonds is 7. The number of aliphatic imine (C=N–C) groups is 1. The van der Waals surface area contributed by atoms with Crippen molar-refractivity contribution in [2.45, 2.75) is 24.8 Å². The number of nitrogens with one attached hydrogen (secondary N) is 1. The highest BCUT2D eigenvalue weighted by Crippen LogP contribution is 2.40. The van der Waals surface area contributed by atoms with Gasteiger partial charge in [0, 0.05) is 30.7 Å². The fraction of sp³-hybridized carbons (Fsp3) is 0.222. The number of thioether (sulfide) groups is 1. The van der Waals surface area contributed by atoms with Gasteiger partial charge in [-0.15, -0.1) is 0 Å². The Morgan fingerprint density at radius 3 is 2.36 bits per heavy atom. The number of carbonyl (C=O) groups excluding carboxylic acids is 1. The van der Waals surface area contributed by atoms with E-state index in [9.17, 15) is 4.79 Å². The third-order valence-electron chi connectivity index (χ3n) is 6.03. The quantitative estimate of drug-likeness (QED) is 0.513. The minimum Gasteiger partial charge on any atom is -0.355 e. The average Bonchev–Trinajstić information content (AvgIpc) is 3.37. The lowest BCUT2D eigenvalue weighted by Crippen LogP contribution is -2.31. The second-order valence-corrected chi connectivity index (χ2v) is 9.09. The molecule has 0 unspecified atom stereocenters. The third kappa shape index (κ3) is 4.86. The van der Waals surface area contributed by atoms with E-state index in [0.717, 1.165) is 23.7 Å². The Hall–Kier alpha value is -3.38. The Morgan fingerprint density at radius 1 is 0.970 bits per heavy atom. The number of para-hydroxylation sites is 1. The lowest BCUT2D eigenvalue weighted by molar-refractivity contribution is -0.118. The second kappa shape index (κ2) is 10.0. The Morgan fingerprint density at radius 2 is 1.64 bits per heavy atom. The van der Waals surface area contributed by atoms with Gasteiger partial charge in [-0.1, -0.05) is 90.6 Å². The molecule has 0 aliphatic carbocycles. The van der Waals surface area contributed by atoms with Gasteiger partial charge < -0.3 is 5.32 Å². The summed E-state index contributed by atoms with van der Waals surface area (Å²) in [4.78, 5) is 17.4. The largest absolute Gasteiger partial charge is 0.355 e. The summed E-state index contributed by atoms with van der Waals surface area (Å²) in [5.41, 5.74) is 4.69. The number of hydrogen-bond acceptors (Lipinski definition) is 5. The van der Waals surface area contributed by atoms with E-state index in [2.05, 4.69) is 65.0 Å². The summed E-state index contributed by atoms with van der Waals surface area (Å²) in [5, 5.41) is 10.3. The molecule has 0 fully saturated rings. The van der Waals surface area contributed by atoms with Gasteiger partial charge in [0.15, 0.2) is 5.17 Å². The number of nitrogens with zero attached hydrogens (tertiary/aromatic N) is 3. The van der Waals surface area contributed by atoms with Gasteiger partial charge in [-0.3, -0.25) is 4.79 Å². The lowest BCUT2D eigenvalue weighted by Gasteiger charge is -2.29. The maximum atomic E-state index is 12.6. The molecule has 166 valence electrons. The zero-order chi connectivity index (χ0) is 22.5. The first kappa shape index (κ1) is 21.5. The van der Waals surface area contributed by atoms with Crippen LogP contribution in [-0.2, 0) is 4.79 Å². The standard InChI is InChI=1S/C27H26N4OS/c32-26(19-33-27-30-24-14-8-7-13-23(24)25-16-18-29-31(25)27)28-17-15-22(20-9-3-1-4-10-20)21-11-5-2-6-12-21/h1-14,18,22,25H,15-17,19H2,(H,28,32)/t25-/m0/s1. The van der Waals surface area contributed by atoms with Crippen LogP contribution < -0.4 is 5.32 Å². The predicted octanol–water partition coefficient (Wildman–Crippen LogP) is 5.49. The first-order valence-corrected chi connectivity index (χ1v) is 12.3. The van der Waals surface area contributed by atoms with E-state index in [1.807, 2.05) is 41.6 Å². The van der Waals surface area contributed by atoms with E-state index in [0.29, 0.717) is 12.3 Å². The molecule has 5 nitrogen and oxygen atoms in total. The molecule has 3 aromatic carbocycles. The number of fused-ring (bicyclic) bond motifs is 3. The monoisotopic (exact) mass is 454 g/mol. The molecule has 0 aromatic heterocycles. The van der Waals surface area contributed by atoms with Crippen molar-refractivity contribution in [3.8, 4) is 0 Å². The molecule has 0 bridgehead atoms. The van der Waals surface area contributed by atoms with Crippen molar-refractivity contribution in [2.75, 3.05) is 12.3 Å². The van der Waals surface area contributed by atoms with Gasteiger partial charge in [-0.2, -0.15) is 5.10 Å². The number of amidine groups is 1. The van der Waals surface area contributed by atoms with E-state index >= 15 is 0 Å². The third-order valence-corrected chi connectivity index (χ3v) is 6.97. The second-order valence-electron chi connectivity index (χ2n) is 8.15. The van der Waals surface area contributed by atoms with E-state index in [1.165, 1.54) is 28.5 Å². The van der Waals surface area contributed by atoms with Crippen LogP contribution in [0.5, 0.6) is 0 Å². The van der Waals surface area contributed by atoms with Crippen molar-refractivity contribution in [1.82, 2.24) is 10.3 Å². The van der Waals surface area contributed by atoms with Gasteiger partial charge in [0.1, 0.15) is 0 Å². The number of benzene rings is 3. The number of hydrazone groups is 1. The summed E-state index contributed by atoms with van der Waals surface area (Å²) in [5.74, 6) is 0.585. The highest BCUT2D eigenvalue weighted by Gasteiger charge is 2.32. The lowest BCUT2D eigenvalue weighted by atomic mass is 9.88. The van der Waals surface area contributed by atoms with Crippen LogP contribution in [0.25, 0.3) is 0 Å². The molecule has 2 heterocycles. The van der Waals surface area contributed by atoms with Gasteiger partial charge >= 0.3 is 0 Å². The maximum Gasteiger partial charge on any atom is 0.230 e. The molecule has 2 aliphatic rings. The predicted molar refractivity (Wildman–Crippen MR) is 136 cm³/mol. The Labute approximate surface area is 198 Å². The average molecular weight is 455 g/mol. The van der Waals surface area contributed by atoms with Crippen molar-refractivity contribution in [3.63, 3.8) is 0 Å². The molecule has 33 heavy (non-hydrogen) atoms. The minimum atomic E-state index is 0.0150. The molecule has 0 spiro atoms. The highest BCUT2D eigenvalue weighted by atomic mass is 32.2. The molecule has 0 saturated carbocycles. The Balaban J connectivity index is 1.19. The molecule has 1 atom stereocenters. The van der Waals surface area contributed by atoms with Gasteiger partial charge in [0.25, 0.3) is 0 Å². The summed E-state index contributed by atoms with van der Waals surface area (Å²) in [6.07, 6.45) is 3.64. The zero-order valence-corrected chi connectivity index (χ0v) is 19.1. The van der Waals surface area contributed by atoms with Crippen molar-refractivity contribution < 1.29 is 4.79 Å². The van der Waals surface area contributed by atoms with E-state index in [4.69, 9.17) is 4.99 Å². The van der Waals surface area contributed by atoms with Gasteiger partial charge in [0.05, 0.1) is 17.5 Å². The Kier molecular flexibility index (Phi) is 6.53. The van der Waals surface area contributed by atoms with E-state index in [1.54, 1.807) is 0 Å². The van der Waals surface area contributed by atoms with Crippen molar-refractivity contribution in [2.24, 2.45) is 10.1 Å². The van der Waals surface area contributed by atoms with Gasteiger partial charge in [-0.25, -0.2) is 10.0 Å². The van der Waals surface area contributed by atoms with Crippen LogP contribution in [0.3, 0.4) is 0 Å². The van der Waals surface area contributed by atoms with Crippen LogP contribution in [0.4, 0.5) is 5.69 Å². The van der Waals surface area contributed by atoms with Crippen LogP contribution >= 0.6 is 11.8 Å². The highest BCUT2D eigenvalue weighted by molar-refractivity contribution is 8.14. The van der Waals surface area contributed by atoms with Crippen molar-refractivity contribution >= 4 is 34.7 Å². The maximum absolute atomic E-state index is 12.6. The number of carbonyl (C=O) groups is 1.